The molecule has 0 aliphatic carbocycles. The van der Waals surface area contributed by atoms with E-state index in [1.54, 1.807) is 6.20 Å². The summed E-state index contributed by atoms with van der Waals surface area (Å²) in [5, 5.41) is 17.6. The highest BCUT2D eigenvalue weighted by Crippen LogP contribution is 2.30. The van der Waals surface area contributed by atoms with Gasteiger partial charge in [-0.2, -0.15) is 5.10 Å². The Morgan fingerprint density at radius 1 is 1.21 bits per heavy atom. The van der Waals surface area contributed by atoms with Crippen LogP contribution in [0.2, 0.25) is 0 Å². The fraction of sp³-hybridized carbons (Fsp3) is 0.250. The van der Waals surface area contributed by atoms with E-state index in [1.807, 2.05) is 65.4 Å². The number of anilines is 3. The van der Waals surface area contributed by atoms with Crippen molar-refractivity contribution in [3.05, 3.63) is 61.3 Å². The van der Waals surface area contributed by atoms with Crippen LogP contribution in [0.5, 0.6) is 0 Å². The van der Waals surface area contributed by atoms with Crippen molar-refractivity contribution in [1.82, 2.24) is 29.5 Å². The van der Waals surface area contributed by atoms with Crippen molar-refractivity contribution < 1.29 is 9.84 Å². The maximum atomic E-state index is 9.41. The maximum absolute atomic E-state index is 9.41. The molecule has 0 saturated carbocycles. The number of morpholine rings is 1. The Kier molecular flexibility index (Phi) is 5.08. The van der Waals surface area contributed by atoms with Gasteiger partial charge in [0.1, 0.15) is 5.82 Å². The Morgan fingerprint density at radius 2 is 2.15 bits per heavy atom. The van der Waals surface area contributed by atoms with Crippen LogP contribution in [0.3, 0.4) is 0 Å². The van der Waals surface area contributed by atoms with Crippen LogP contribution in [0, 0.1) is 0 Å². The van der Waals surface area contributed by atoms with E-state index in [2.05, 4.69) is 31.1 Å². The Hall–Kier alpha value is -4.02. The Morgan fingerprint density at radius 3 is 3.00 bits per heavy atom. The van der Waals surface area contributed by atoms with E-state index in [-0.39, 0.29) is 12.7 Å². The largest absolute Gasteiger partial charge is 0.394 e. The predicted molar refractivity (Wildman–Crippen MR) is 129 cm³/mol. The molecule has 2 N–H and O–H groups in total. The molecule has 10 heteroatoms. The summed E-state index contributed by atoms with van der Waals surface area (Å²) < 4.78 is 7.53. The second-order valence-electron chi connectivity index (χ2n) is 8.33. The number of ether oxygens (including phenoxy) is 1. The number of H-pyrrole nitrogens is 1. The van der Waals surface area contributed by atoms with Gasteiger partial charge in [0.2, 0.25) is 0 Å². The zero-order valence-corrected chi connectivity index (χ0v) is 18.7. The number of fused-ring (bicyclic) bond motifs is 2. The van der Waals surface area contributed by atoms with Gasteiger partial charge in [-0.3, -0.25) is 5.10 Å². The first-order valence-electron chi connectivity index (χ1n) is 11.1. The third kappa shape index (κ3) is 3.62. The third-order valence-corrected chi connectivity index (χ3v) is 6.20. The van der Waals surface area contributed by atoms with Gasteiger partial charge in [-0.1, -0.05) is 12.1 Å². The Balaban J connectivity index is 1.34. The number of imidazole rings is 1. The smallest absolute Gasteiger partial charge is 0.180 e. The lowest BCUT2D eigenvalue weighted by Gasteiger charge is -2.33. The van der Waals surface area contributed by atoms with Crippen LogP contribution in [-0.4, -0.2) is 74.1 Å². The summed E-state index contributed by atoms with van der Waals surface area (Å²) in [6, 6.07) is 10.1. The van der Waals surface area contributed by atoms with Crippen molar-refractivity contribution >= 4 is 33.9 Å². The number of aromatic amines is 1. The maximum Gasteiger partial charge on any atom is 0.180 e. The zero-order valence-electron chi connectivity index (χ0n) is 18.7. The first-order chi connectivity index (χ1) is 16.7. The van der Waals surface area contributed by atoms with E-state index in [4.69, 9.17) is 9.72 Å². The van der Waals surface area contributed by atoms with E-state index in [9.17, 15) is 5.11 Å². The average molecular weight is 457 g/mol. The van der Waals surface area contributed by atoms with Crippen molar-refractivity contribution in [2.24, 2.45) is 0 Å². The van der Waals surface area contributed by atoms with E-state index in [1.165, 1.54) is 0 Å². The molecule has 1 aliphatic heterocycles. The molecule has 1 atom stereocenters. The Bertz CT molecular complexity index is 1440. The lowest BCUT2D eigenvalue weighted by atomic mass is 10.1. The standard InChI is InChI=1S/C24H24N8O2/c1-30(18-4-5-22(26-12-18)31-8-9-34-19(13-31)15-33)24-23-25-6-7-32(23)14-21(28-24)16-2-3-17-11-27-29-20(17)10-16/h2-7,10-12,14,19,33H,8-9,13,15H2,1H3,(H,27,29)/t19-/m1/s1. The molecule has 5 aromatic rings. The molecule has 1 aromatic carbocycles. The highest BCUT2D eigenvalue weighted by atomic mass is 16.5. The number of aliphatic hydroxyl groups is 1. The minimum atomic E-state index is -0.181. The van der Waals surface area contributed by atoms with Gasteiger partial charge in [0.15, 0.2) is 11.5 Å². The van der Waals surface area contributed by atoms with Crippen LogP contribution in [0.25, 0.3) is 27.8 Å². The van der Waals surface area contributed by atoms with E-state index in [0.717, 1.165) is 51.7 Å². The number of aliphatic hydroxyl groups excluding tert-OH is 1. The number of nitrogens with zero attached hydrogens (tertiary/aromatic N) is 7. The molecule has 5 heterocycles. The third-order valence-electron chi connectivity index (χ3n) is 6.20. The molecule has 0 radical (unpaired) electrons. The van der Waals surface area contributed by atoms with Gasteiger partial charge in [0.05, 0.1) is 48.6 Å². The SMILES string of the molecule is CN(c1ccc(N2CCO[C@@H](CO)C2)nc1)c1nc(-c2ccc3cn[nH]c3c2)cn2ccnc12. The van der Waals surface area contributed by atoms with Gasteiger partial charge in [-0.25, -0.2) is 15.0 Å². The highest BCUT2D eigenvalue weighted by molar-refractivity contribution is 5.84. The molecule has 0 amide bonds. The molecular weight excluding hydrogens is 432 g/mol. The summed E-state index contributed by atoms with van der Waals surface area (Å²) in [5.74, 6) is 1.59. The van der Waals surface area contributed by atoms with Crippen LogP contribution in [-0.2, 0) is 4.74 Å². The molecule has 6 rings (SSSR count). The summed E-state index contributed by atoms with van der Waals surface area (Å²) in [4.78, 5) is 18.3. The lowest BCUT2D eigenvalue weighted by Crippen LogP contribution is -2.44. The molecule has 172 valence electrons. The Labute approximate surface area is 195 Å². The van der Waals surface area contributed by atoms with Crippen LogP contribution in [0.15, 0.2) is 61.3 Å². The van der Waals surface area contributed by atoms with Gasteiger partial charge in [0.25, 0.3) is 0 Å². The second-order valence-corrected chi connectivity index (χ2v) is 8.33. The topological polar surface area (TPSA) is 108 Å². The fourth-order valence-corrected chi connectivity index (χ4v) is 4.30. The van der Waals surface area contributed by atoms with Crippen molar-refractivity contribution in [2.75, 3.05) is 43.2 Å². The minimum absolute atomic E-state index is 0.00690. The molecule has 4 aromatic heterocycles. The van der Waals surface area contributed by atoms with Gasteiger partial charge in [-0.05, 0) is 18.2 Å². The quantitative estimate of drug-likeness (QED) is 0.416. The lowest BCUT2D eigenvalue weighted by molar-refractivity contribution is 0.00336. The average Bonchev–Trinajstić information content (AvgIpc) is 3.57. The van der Waals surface area contributed by atoms with Crippen molar-refractivity contribution in [3.63, 3.8) is 0 Å². The molecule has 0 spiro atoms. The fourth-order valence-electron chi connectivity index (χ4n) is 4.30. The second kappa shape index (κ2) is 8.40. The van der Waals surface area contributed by atoms with Crippen molar-refractivity contribution in [1.29, 1.82) is 0 Å². The summed E-state index contributed by atoms with van der Waals surface area (Å²) in [7, 11) is 1.96. The molecule has 1 fully saturated rings. The number of benzene rings is 1. The van der Waals surface area contributed by atoms with Crippen LogP contribution >= 0.6 is 0 Å². The minimum Gasteiger partial charge on any atom is -0.394 e. The number of nitrogens with one attached hydrogen (secondary N) is 1. The van der Waals surface area contributed by atoms with Crippen LogP contribution in [0.1, 0.15) is 0 Å². The monoisotopic (exact) mass is 456 g/mol. The normalized spacial score (nSPS) is 16.4. The molecule has 1 saturated heterocycles. The number of aromatic nitrogens is 6. The molecular formula is C24H24N8O2. The van der Waals surface area contributed by atoms with E-state index < -0.39 is 0 Å². The predicted octanol–water partition coefficient (Wildman–Crippen LogP) is 2.63. The number of rotatable bonds is 5. The molecule has 10 nitrogen and oxygen atoms in total. The molecule has 34 heavy (non-hydrogen) atoms. The van der Waals surface area contributed by atoms with Crippen LogP contribution in [0.4, 0.5) is 17.3 Å². The van der Waals surface area contributed by atoms with Crippen LogP contribution < -0.4 is 9.80 Å². The van der Waals surface area contributed by atoms with E-state index >= 15 is 0 Å². The summed E-state index contributed by atoms with van der Waals surface area (Å²) >= 11 is 0. The van der Waals surface area contributed by atoms with E-state index in [0.29, 0.717) is 13.2 Å². The van der Waals surface area contributed by atoms with Crippen molar-refractivity contribution in [2.45, 2.75) is 6.10 Å². The summed E-state index contributed by atoms with van der Waals surface area (Å²) in [5.41, 5.74) is 4.44. The zero-order chi connectivity index (χ0) is 23.1. The van der Waals surface area contributed by atoms with Gasteiger partial charge >= 0.3 is 0 Å². The first kappa shape index (κ1) is 20.6. The summed E-state index contributed by atoms with van der Waals surface area (Å²) in [6.07, 6.45) is 9.14. The van der Waals surface area contributed by atoms with Gasteiger partial charge in [0, 0.05) is 49.7 Å². The number of hydrogen-bond donors (Lipinski definition) is 2. The molecule has 1 aliphatic rings. The summed E-state index contributed by atoms with van der Waals surface area (Å²) in [6.45, 7) is 1.95. The molecule has 0 unspecified atom stereocenters. The number of pyridine rings is 1. The first-order valence-corrected chi connectivity index (χ1v) is 11.1. The number of hydrogen-bond acceptors (Lipinski definition) is 8. The van der Waals surface area contributed by atoms with Gasteiger partial charge in [-0.15, -0.1) is 0 Å². The highest BCUT2D eigenvalue weighted by Gasteiger charge is 2.21. The van der Waals surface area contributed by atoms with Gasteiger partial charge < -0.3 is 24.0 Å². The van der Waals surface area contributed by atoms with Crippen molar-refractivity contribution in [3.8, 4) is 11.3 Å². The molecule has 0 bridgehead atoms.